The molecule has 0 amide bonds. The van der Waals surface area contributed by atoms with Gasteiger partial charge in [0.25, 0.3) is 0 Å². The molecule has 0 fully saturated rings. The maximum absolute atomic E-state index is 13.6. The molecular weight excluding hydrogens is 318 g/mol. The normalized spacial score (nSPS) is 13.5. The second kappa shape index (κ2) is 6.10. The molecule has 0 unspecified atom stereocenters. The molecule has 0 N–H and O–H groups in total. The summed E-state index contributed by atoms with van der Waals surface area (Å²) in [4.78, 5) is 0. The molecule has 0 atom stereocenters. The Labute approximate surface area is 131 Å². The van der Waals surface area contributed by atoms with Crippen LogP contribution in [0.4, 0.5) is 4.39 Å². The fourth-order valence-corrected chi connectivity index (χ4v) is 2.57. The van der Waals surface area contributed by atoms with E-state index in [1.807, 2.05) is 0 Å². The third kappa shape index (κ3) is 3.23. The van der Waals surface area contributed by atoms with Crippen LogP contribution in [-0.2, 0) is 18.0 Å². The minimum Gasteiger partial charge on any atom is -0.487 e. The number of ether oxygens (including phenoxy) is 3. The lowest BCUT2D eigenvalue weighted by molar-refractivity contribution is -0.0178. The van der Waals surface area contributed by atoms with E-state index in [-0.39, 0.29) is 19.2 Å². The Morgan fingerprint density at radius 3 is 2.86 bits per heavy atom. The molecule has 2 aromatic carbocycles. The first-order valence-corrected chi connectivity index (χ1v) is 6.99. The van der Waals surface area contributed by atoms with Gasteiger partial charge in [0.1, 0.15) is 23.9 Å². The molecule has 0 aromatic heterocycles. The van der Waals surface area contributed by atoms with Crippen LogP contribution in [0.1, 0.15) is 11.1 Å². The van der Waals surface area contributed by atoms with E-state index in [1.54, 1.807) is 18.2 Å². The third-order valence-corrected chi connectivity index (χ3v) is 3.56. The first-order valence-electron chi connectivity index (χ1n) is 6.23. The first-order chi connectivity index (χ1) is 10.1. The van der Waals surface area contributed by atoms with Crippen LogP contribution in [0, 0.1) is 5.82 Å². The standard InChI is InChI=1S/C15H11Cl2FO3/c16-11-1-2-14(13(17)5-11)20-7-10-4-12(18)3-9-6-19-8-21-15(9)10/h1-5H,6-8H2. The molecule has 0 bridgehead atoms. The number of fused-ring (bicyclic) bond motifs is 1. The average Bonchev–Trinajstić information content (AvgIpc) is 2.46. The molecule has 0 saturated carbocycles. The Bertz CT molecular complexity index is 676. The molecule has 0 radical (unpaired) electrons. The summed E-state index contributed by atoms with van der Waals surface area (Å²) in [6, 6.07) is 7.71. The van der Waals surface area contributed by atoms with E-state index in [4.69, 9.17) is 37.4 Å². The van der Waals surface area contributed by atoms with Crippen LogP contribution in [0.25, 0.3) is 0 Å². The summed E-state index contributed by atoms with van der Waals surface area (Å²) in [5.74, 6) is 0.725. The van der Waals surface area contributed by atoms with Gasteiger partial charge in [-0.15, -0.1) is 0 Å². The Kier molecular flexibility index (Phi) is 4.19. The van der Waals surface area contributed by atoms with Crippen LogP contribution in [0.5, 0.6) is 11.5 Å². The van der Waals surface area contributed by atoms with Crippen LogP contribution in [0.2, 0.25) is 10.0 Å². The molecule has 2 aromatic rings. The maximum atomic E-state index is 13.6. The minimum absolute atomic E-state index is 0.140. The van der Waals surface area contributed by atoms with Crippen molar-refractivity contribution in [2.75, 3.05) is 6.79 Å². The van der Waals surface area contributed by atoms with Gasteiger partial charge in [-0.1, -0.05) is 23.2 Å². The van der Waals surface area contributed by atoms with Gasteiger partial charge in [-0.25, -0.2) is 4.39 Å². The van der Waals surface area contributed by atoms with Crippen molar-refractivity contribution in [2.24, 2.45) is 0 Å². The molecule has 1 aliphatic heterocycles. The lowest BCUT2D eigenvalue weighted by atomic mass is 10.1. The molecule has 110 valence electrons. The number of benzene rings is 2. The zero-order valence-electron chi connectivity index (χ0n) is 10.9. The van der Waals surface area contributed by atoms with Crippen molar-refractivity contribution in [3.8, 4) is 11.5 Å². The molecule has 0 aliphatic carbocycles. The summed E-state index contributed by atoms with van der Waals surface area (Å²) in [5.41, 5.74) is 1.28. The van der Waals surface area contributed by atoms with Crippen LogP contribution in [0.15, 0.2) is 30.3 Å². The maximum Gasteiger partial charge on any atom is 0.189 e. The van der Waals surface area contributed by atoms with E-state index in [2.05, 4.69) is 0 Å². The topological polar surface area (TPSA) is 27.7 Å². The summed E-state index contributed by atoms with van der Waals surface area (Å²) in [6.45, 7) is 0.608. The summed E-state index contributed by atoms with van der Waals surface area (Å²) in [5, 5.41) is 0.924. The molecule has 3 nitrogen and oxygen atoms in total. The van der Waals surface area contributed by atoms with Crippen molar-refractivity contribution in [3.05, 3.63) is 57.3 Å². The Balaban J connectivity index is 1.83. The fourth-order valence-electron chi connectivity index (χ4n) is 2.11. The number of hydrogen-bond donors (Lipinski definition) is 0. The zero-order valence-corrected chi connectivity index (χ0v) is 12.4. The smallest absolute Gasteiger partial charge is 0.189 e. The van der Waals surface area contributed by atoms with E-state index in [0.717, 1.165) is 0 Å². The lowest BCUT2D eigenvalue weighted by Crippen LogP contribution is -2.14. The SMILES string of the molecule is Fc1cc2c(c(COc3ccc(Cl)cc3Cl)c1)OCOC2. The van der Waals surface area contributed by atoms with Crippen LogP contribution >= 0.6 is 23.2 Å². The van der Waals surface area contributed by atoms with Gasteiger partial charge in [0, 0.05) is 16.1 Å². The predicted molar refractivity (Wildman–Crippen MR) is 77.5 cm³/mol. The van der Waals surface area contributed by atoms with E-state index in [1.165, 1.54) is 12.1 Å². The van der Waals surface area contributed by atoms with Gasteiger partial charge in [0.05, 0.1) is 11.6 Å². The molecule has 1 heterocycles. The Hall–Kier alpha value is -1.49. The van der Waals surface area contributed by atoms with Gasteiger partial charge >= 0.3 is 0 Å². The highest BCUT2D eigenvalue weighted by Gasteiger charge is 2.17. The summed E-state index contributed by atoms with van der Waals surface area (Å²) in [7, 11) is 0. The molecule has 0 spiro atoms. The largest absolute Gasteiger partial charge is 0.487 e. The van der Waals surface area contributed by atoms with Gasteiger partial charge in [0.2, 0.25) is 0 Å². The monoisotopic (exact) mass is 328 g/mol. The molecular formula is C15H11Cl2FO3. The van der Waals surface area contributed by atoms with E-state index >= 15 is 0 Å². The minimum atomic E-state index is -0.358. The van der Waals surface area contributed by atoms with E-state index < -0.39 is 0 Å². The number of rotatable bonds is 3. The van der Waals surface area contributed by atoms with Crippen molar-refractivity contribution in [2.45, 2.75) is 13.2 Å². The summed E-state index contributed by atoms with van der Waals surface area (Å²) < 4.78 is 29.8. The highest BCUT2D eigenvalue weighted by Crippen LogP contribution is 2.32. The van der Waals surface area contributed by atoms with Gasteiger partial charge in [-0.2, -0.15) is 0 Å². The fraction of sp³-hybridized carbons (Fsp3) is 0.200. The van der Waals surface area contributed by atoms with Crippen molar-refractivity contribution in [1.82, 2.24) is 0 Å². The van der Waals surface area contributed by atoms with E-state index in [9.17, 15) is 4.39 Å². The molecule has 6 heteroatoms. The highest BCUT2D eigenvalue weighted by molar-refractivity contribution is 6.35. The van der Waals surface area contributed by atoms with E-state index in [0.29, 0.717) is 39.3 Å². The molecule has 0 saturated heterocycles. The molecule has 1 aliphatic rings. The highest BCUT2D eigenvalue weighted by atomic mass is 35.5. The second-order valence-corrected chi connectivity index (χ2v) is 5.37. The third-order valence-electron chi connectivity index (χ3n) is 3.03. The summed E-state index contributed by atoms with van der Waals surface area (Å²) in [6.07, 6.45) is 0. The van der Waals surface area contributed by atoms with Crippen LogP contribution in [0.3, 0.4) is 0 Å². The molecule has 21 heavy (non-hydrogen) atoms. The quantitative estimate of drug-likeness (QED) is 0.825. The van der Waals surface area contributed by atoms with Crippen LogP contribution < -0.4 is 9.47 Å². The number of halogens is 3. The van der Waals surface area contributed by atoms with Crippen molar-refractivity contribution >= 4 is 23.2 Å². The summed E-state index contributed by atoms with van der Waals surface area (Å²) >= 11 is 11.9. The number of hydrogen-bond acceptors (Lipinski definition) is 3. The Morgan fingerprint density at radius 1 is 1.19 bits per heavy atom. The predicted octanol–water partition coefficient (Wildman–Crippen LogP) is 4.58. The van der Waals surface area contributed by atoms with Gasteiger partial charge < -0.3 is 14.2 Å². The van der Waals surface area contributed by atoms with Crippen molar-refractivity contribution < 1.29 is 18.6 Å². The van der Waals surface area contributed by atoms with Crippen molar-refractivity contribution in [1.29, 1.82) is 0 Å². The lowest BCUT2D eigenvalue weighted by Gasteiger charge is -2.21. The average molecular weight is 329 g/mol. The second-order valence-electron chi connectivity index (χ2n) is 4.53. The van der Waals surface area contributed by atoms with Gasteiger partial charge in [-0.3, -0.25) is 0 Å². The van der Waals surface area contributed by atoms with Crippen LogP contribution in [-0.4, -0.2) is 6.79 Å². The van der Waals surface area contributed by atoms with Gasteiger partial charge in [0.15, 0.2) is 6.79 Å². The first kappa shape index (κ1) is 14.4. The van der Waals surface area contributed by atoms with Gasteiger partial charge in [-0.05, 0) is 30.3 Å². The molecule has 3 rings (SSSR count). The zero-order chi connectivity index (χ0) is 14.8. The Morgan fingerprint density at radius 2 is 2.05 bits per heavy atom. The van der Waals surface area contributed by atoms with Crippen molar-refractivity contribution in [3.63, 3.8) is 0 Å².